The first kappa shape index (κ1) is 19.0. The number of carbonyl (C=O) groups excluding carboxylic acids is 2. The fraction of sp³-hybridized carbons (Fsp3) is 0.867. The molecule has 0 aromatic rings. The highest BCUT2D eigenvalue weighted by Crippen LogP contribution is 2.25. The summed E-state index contributed by atoms with van der Waals surface area (Å²) in [5, 5.41) is 0. The summed E-state index contributed by atoms with van der Waals surface area (Å²) in [6.45, 7) is 6.50. The molecular weight excluding hydrogens is 339 g/mol. The van der Waals surface area contributed by atoms with Crippen molar-refractivity contribution < 1.29 is 26.6 Å². The highest BCUT2D eigenvalue weighted by molar-refractivity contribution is 7.86. The highest BCUT2D eigenvalue weighted by atomic mass is 32.3. The molecule has 9 heteroatoms. The third-order valence-electron chi connectivity index (χ3n) is 4.17. The molecule has 7 nitrogen and oxygen atoms in total. The van der Waals surface area contributed by atoms with Crippen molar-refractivity contribution in [2.75, 3.05) is 25.4 Å². The number of ether oxygens (including phenoxy) is 1. The molecule has 24 heavy (non-hydrogen) atoms. The van der Waals surface area contributed by atoms with E-state index in [1.165, 1.54) is 4.90 Å². The second kappa shape index (κ2) is 6.85. The maximum Gasteiger partial charge on any atom is 0.410 e. The standard InChI is InChI=1S/C15H25FN2O5S/c1-15(2,3)23-14(20)18-6-4-5-12(18)9-17-8-11(7-13(17)19)10-24(16,21)22/h11-12H,4-10H2,1-3H3. The minimum absolute atomic E-state index is 0.0301. The van der Waals surface area contributed by atoms with Gasteiger partial charge >= 0.3 is 16.3 Å². The Hall–Kier alpha value is -1.38. The second-order valence-corrected chi connectivity index (χ2v) is 8.96. The predicted molar refractivity (Wildman–Crippen MR) is 85.5 cm³/mol. The van der Waals surface area contributed by atoms with Crippen LogP contribution in [0.15, 0.2) is 0 Å². The first-order valence-corrected chi connectivity index (χ1v) is 9.69. The number of nitrogens with zero attached hydrogens (tertiary/aromatic N) is 2. The quantitative estimate of drug-likeness (QED) is 0.707. The third kappa shape index (κ3) is 5.32. The topological polar surface area (TPSA) is 84.0 Å². The van der Waals surface area contributed by atoms with Crippen LogP contribution in [0.25, 0.3) is 0 Å². The lowest BCUT2D eigenvalue weighted by Crippen LogP contribution is -2.45. The molecule has 0 bridgehead atoms. The highest BCUT2D eigenvalue weighted by Gasteiger charge is 2.38. The van der Waals surface area contributed by atoms with Crippen molar-refractivity contribution in [2.45, 2.75) is 51.7 Å². The molecule has 0 spiro atoms. The van der Waals surface area contributed by atoms with E-state index in [9.17, 15) is 21.9 Å². The van der Waals surface area contributed by atoms with Crippen LogP contribution in [-0.4, -0.2) is 67.2 Å². The molecule has 0 N–H and O–H groups in total. The molecule has 0 aromatic carbocycles. The molecule has 2 rings (SSSR count). The average molecular weight is 364 g/mol. The Labute approximate surface area is 142 Å². The van der Waals surface area contributed by atoms with Crippen LogP contribution in [-0.2, 0) is 19.8 Å². The summed E-state index contributed by atoms with van der Waals surface area (Å²) in [5.74, 6) is -1.35. The van der Waals surface area contributed by atoms with Crippen LogP contribution >= 0.6 is 0 Å². The smallest absolute Gasteiger partial charge is 0.410 e. The van der Waals surface area contributed by atoms with E-state index in [-0.39, 0.29) is 24.9 Å². The first-order chi connectivity index (χ1) is 10.9. The Morgan fingerprint density at radius 2 is 2.04 bits per heavy atom. The zero-order chi connectivity index (χ0) is 18.1. The van der Waals surface area contributed by atoms with Crippen LogP contribution < -0.4 is 0 Å². The van der Waals surface area contributed by atoms with Crippen molar-refractivity contribution in [3.05, 3.63) is 0 Å². The minimum Gasteiger partial charge on any atom is -0.444 e. The first-order valence-electron chi connectivity index (χ1n) is 8.14. The van der Waals surface area contributed by atoms with E-state index in [0.29, 0.717) is 13.1 Å². The fourth-order valence-electron chi connectivity index (χ4n) is 3.26. The molecule has 2 aliphatic rings. The zero-order valence-corrected chi connectivity index (χ0v) is 15.1. The monoisotopic (exact) mass is 364 g/mol. The molecular formula is C15H25FN2O5S. The van der Waals surface area contributed by atoms with Crippen LogP contribution in [0.1, 0.15) is 40.0 Å². The van der Waals surface area contributed by atoms with E-state index in [0.717, 1.165) is 12.8 Å². The average Bonchev–Trinajstić information content (AvgIpc) is 2.93. The lowest BCUT2D eigenvalue weighted by atomic mass is 10.1. The van der Waals surface area contributed by atoms with Crippen molar-refractivity contribution in [3.63, 3.8) is 0 Å². The van der Waals surface area contributed by atoms with Gasteiger partial charge in [-0.25, -0.2) is 4.79 Å². The molecule has 2 heterocycles. The van der Waals surface area contributed by atoms with Gasteiger partial charge < -0.3 is 14.5 Å². The molecule has 0 aliphatic carbocycles. The Bertz CT molecular complexity index is 601. The molecule has 2 fully saturated rings. The maximum atomic E-state index is 12.8. The molecule has 2 atom stereocenters. The van der Waals surface area contributed by atoms with Crippen LogP contribution in [0, 0.1) is 5.92 Å². The van der Waals surface area contributed by atoms with Gasteiger partial charge in [0.05, 0.1) is 11.8 Å². The molecule has 2 unspecified atom stereocenters. The number of carbonyl (C=O) groups is 2. The Balaban J connectivity index is 1.94. The molecule has 138 valence electrons. The van der Waals surface area contributed by atoms with Gasteiger partial charge in [-0.3, -0.25) is 4.79 Å². The summed E-state index contributed by atoms with van der Waals surface area (Å²) in [4.78, 5) is 27.4. The SMILES string of the molecule is CC(C)(C)OC(=O)N1CCCC1CN1CC(CS(=O)(=O)F)CC1=O. The summed E-state index contributed by atoms with van der Waals surface area (Å²) in [5.41, 5.74) is -0.589. The molecule has 2 saturated heterocycles. The summed E-state index contributed by atoms with van der Waals surface area (Å²) in [6.07, 6.45) is 1.21. The van der Waals surface area contributed by atoms with Gasteiger partial charge in [0.15, 0.2) is 0 Å². The van der Waals surface area contributed by atoms with Crippen LogP contribution in [0.4, 0.5) is 8.68 Å². The molecule has 0 aromatic heterocycles. The Morgan fingerprint density at radius 1 is 1.38 bits per heavy atom. The summed E-state index contributed by atoms with van der Waals surface area (Å²) in [6, 6.07) is -0.149. The number of rotatable bonds is 4. The number of likely N-dealkylation sites (tertiary alicyclic amines) is 2. The van der Waals surface area contributed by atoms with Gasteiger partial charge in [0, 0.05) is 32.0 Å². The van der Waals surface area contributed by atoms with Crippen LogP contribution in [0.5, 0.6) is 0 Å². The number of amides is 2. The van der Waals surface area contributed by atoms with Crippen molar-refractivity contribution in [1.82, 2.24) is 9.80 Å². The maximum absolute atomic E-state index is 12.8. The molecule has 0 saturated carbocycles. The van der Waals surface area contributed by atoms with Gasteiger partial charge in [-0.05, 0) is 33.6 Å². The van der Waals surface area contributed by atoms with Crippen molar-refractivity contribution >= 4 is 22.2 Å². The third-order valence-corrected chi connectivity index (χ3v) is 5.04. The second-order valence-electron chi connectivity index (χ2n) is 7.54. The normalized spacial score (nSPS) is 25.4. The van der Waals surface area contributed by atoms with Gasteiger partial charge in [0.25, 0.3) is 0 Å². The van der Waals surface area contributed by atoms with Gasteiger partial charge in [-0.1, -0.05) is 0 Å². The van der Waals surface area contributed by atoms with E-state index >= 15 is 0 Å². The van der Waals surface area contributed by atoms with Crippen LogP contribution in [0.3, 0.4) is 0 Å². The summed E-state index contributed by atoms with van der Waals surface area (Å²) >= 11 is 0. The number of hydrogen-bond acceptors (Lipinski definition) is 5. The van der Waals surface area contributed by atoms with Gasteiger partial charge in [-0.2, -0.15) is 8.42 Å². The lowest BCUT2D eigenvalue weighted by Gasteiger charge is -2.31. The largest absolute Gasteiger partial charge is 0.444 e. The van der Waals surface area contributed by atoms with Gasteiger partial charge in [-0.15, -0.1) is 3.89 Å². The van der Waals surface area contributed by atoms with Gasteiger partial charge in [0.1, 0.15) is 5.60 Å². The van der Waals surface area contributed by atoms with E-state index in [4.69, 9.17) is 4.74 Å². The Kier molecular flexibility index (Phi) is 5.41. The zero-order valence-electron chi connectivity index (χ0n) is 14.3. The molecule has 2 aliphatic heterocycles. The number of hydrogen-bond donors (Lipinski definition) is 0. The minimum atomic E-state index is -4.59. The van der Waals surface area contributed by atoms with Crippen molar-refractivity contribution in [2.24, 2.45) is 5.92 Å². The lowest BCUT2D eigenvalue weighted by molar-refractivity contribution is -0.128. The van der Waals surface area contributed by atoms with Crippen LogP contribution in [0.2, 0.25) is 0 Å². The Morgan fingerprint density at radius 3 is 2.62 bits per heavy atom. The van der Waals surface area contributed by atoms with E-state index in [1.54, 1.807) is 25.7 Å². The van der Waals surface area contributed by atoms with E-state index < -0.39 is 33.6 Å². The summed E-state index contributed by atoms with van der Waals surface area (Å²) in [7, 11) is -4.59. The summed E-state index contributed by atoms with van der Waals surface area (Å²) < 4.78 is 39.7. The van der Waals surface area contributed by atoms with E-state index in [1.807, 2.05) is 0 Å². The molecule has 2 amide bonds. The predicted octanol–water partition coefficient (Wildman–Crippen LogP) is 1.53. The molecule has 0 radical (unpaired) electrons. The van der Waals surface area contributed by atoms with Crippen molar-refractivity contribution in [1.29, 1.82) is 0 Å². The fourth-order valence-corrected chi connectivity index (χ4v) is 4.05. The van der Waals surface area contributed by atoms with Gasteiger partial charge in [0.2, 0.25) is 5.91 Å². The van der Waals surface area contributed by atoms with Crippen molar-refractivity contribution in [3.8, 4) is 0 Å². The number of halogens is 1. The van der Waals surface area contributed by atoms with E-state index in [2.05, 4.69) is 0 Å².